The fraction of sp³-hybridized carbons (Fsp3) is 0.333. The Morgan fingerprint density at radius 2 is 1.91 bits per heavy atom. The minimum absolute atomic E-state index is 0.0552. The van der Waals surface area contributed by atoms with Gasteiger partial charge in [0.2, 0.25) is 0 Å². The van der Waals surface area contributed by atoms with Gasteiger partial charge in [-0.25, -0.2) is 9.59 Å². The lowest BCUT2D eigenvalue weighted by Gasteiger charge is -2.06. The zero-order valence-electron chi connectivity index (χ0n) is 11.8. The lowest BCUT2D eigenvalue weighted by atomic mass is 10.2. The fourth-order valence-corrected chi connectivity index (χ4v) is 2.24. The van der Waals surface area contributed by atoms with Crippen molar-refractivity contribution in [1.82, 2.24) is 0 Å². The summed E-state index contributed by atoms with van der Waals surface area (Å²) >= 11 is 0. The number of ether oxygens (including phenoxy) is 1. The molecule has 0 spiro atoms. The summed E-state index contributed by atoms with van der Waals surface area (Å²) in [4.78, 5) is 24.2. The Bertz CT molecular complexity index is 709. The van der Waals surface area contributed by atoms with Gasteiger partial charge in [-0.3, -0.25) is 4.18 Å². The van der Waals surface area contributed by atoms with Crippen LogP contribution in [-0.4, -0.2) is 45.2 Å². The number of rotatable bonds is 9. The number of hydrogen-bond donors (Lipinski definition) is 1. The van der Waals surface area contributed by atoms with Crippen LogP contribution >= 0.6 is 0 Å². The van der Waals surface area contributed by atoms with Crippen LogP contribution in [0, 0.1) is 0 Å². The second kappa shape index (κ2) is 8.73. The molecule has 0 saturated carbocycles. The summed E-state index contributed by atoms with van der Waals surface area (Å²) in [5, 5.41) is 11.7. The zero-order valence-corrected chi connectivity index (χ0v) is 12.6. The molecule has 0 aromatic heterocycles. The molecule has 0 unspecified atom stereocenters. The molecule has 1 N–H and O–H groups in total. The van der Waals surface area contributed by atoms with Crippen molar-refractivity contribution in [3.8, 4) is 0 Å². The molecule has 11 heteroatoms. The van der Waals surface area contributed by atoms with E-state index in [9.17, 15) is 18.0 Å². The highest BCUT2D eigenvalue weighted by Crippen LogP contribution is 2.14. The van der Waals surface area contributed by atoms with E-state index in [0.717, 1.165) is 12.1 Å². The maximum Gasteiger partial charge on any atom is 0.338 e. The van der Waals surface area contributed by atoms with Gasteiger partial charge in [0, 0.05) is 11.5 Å². The number of carbonyl (C=O) groups excluding carboxylic acids is 1. The predicted octanol–water partition coefficient (Wildman–Crippen LogP) is 1.33. The number of azide groups is 1. The van der Waals surface area contributed by atoms with E-state index in [4.69, 9.17) is 15.4 Å². The Balaban J connectivity index is 2.63. The Morgan fingerprint density at radius 1 is 1.26 bits per heavy atom. The van der Waals surface area contributed by atoms with Gasteiger partial charge in [0.1, 0.15) is 0 Å². The van der Waals surface area contributed by atoms with Crippen molar-refractivity contribution in [3.05, 3.63) is 40.3 Å². The van der Waals surface area contributed by atoms with E-state index in [2.05, 4.69) is 14.2 Å². The van der Waals surface area contributed by atoms with Gasteiger partial charge in [-0.1, -0.05) is 5.11 Å². The van der Waals surface area contributed by atoms with Crippen molar-refractivity contribution >= 4 is 22.1 Å². The molecule has 0 saturated heterocycles. The molecular formula is C12H13N3O7S. The van der Waals surface area contributed by atoms with Gasteiger partial charge in [0.15, 0.2) is 6.61 Å². The van der Waals surface area contributed by atoms with Crippen LogP contribution in [0.15, 0.2) is 34.3 Å². The van der Waals surface area contributed by atoms with E-state index in [1.54, 1.807) is 0 Å². The fourth-order valence-electron chi connectivity index (χ4n) is 1.38. The SMILES string of the molecule is [N-]=[N+]=NCCCOC(=O)c1ccc(S(=O)(=O)OCC(=O)O)cc1. The van der Waals surface area contributed by atoms with Crippen LogP contribution < -0.4 is 0 Å². The van der Waals surface area contributed by atoms with E-state index >= 15 is 0 Å². The van der Waals surface area contributed by atoms with Crippen molar-refractivity contribution in [3.63, 3.8) is 0 Å². The third-order valence-corrected chi connectivity index (χ3v) is 3.69. The molecule has 124 valence electrons. The number of nitrogens with zero attached hydrogens (tertiary/aromatic N) is 3. The van der Waals surface area contributed by atoms with Crippen LogP contribution in [0.2, 0.25) is 0 Å². The monoisotopic (exact) mass is 343 g/mol. The van der Waals surface area contributed by atoms with Gasteiger partial charge in [-0.2, -0.15) is 8.42 Å². The summed E-state index contributed by atoms with van der Waals surface area (Å²) in [5.41, 5.74) is 8.19. The number of benzene rings is 1. The minimum atomic E-state index is -4.20. The summed E-state index contributed by atoms with van der Waals surface area (Å²) in [5.74, 6) is -2.09. The second-order valence-corrected chi connectivity index (χ2v) is 5.69. The molecule has 1 rings (SSSR count). The number of aliphatic carboxylic acids is 1. The van der Waals surface area contributed by atoms with Crippen LogP contribution in [0.3, 0.4) is 0 Å². The molecule has 23 heavy (non-hydrogen) atoms. The molecule has 0 aliphatic carbocycles. The summed E-state index contributed by atoms with van der Waals surface area (Å²) in [7, 11) is -4.20. The van der Waals surface area contributed by atoms with Crippen molar-refractivity contribution in [1.29, 1.82) is 0 Å². The van der Waals surface area contributed by atoms with Crippen molar-refractivity contribution < 1.29 is 32.0 Å². The molecule has 0 fully saturated rings. The lowest BCUT2D eigenvalue weighted by molar-refractivity contribution is -0.139. The van der Waals surface area contributed by atoms with E-state index in [0.29, 0.717) is 6.42 Å². The first-order valence-corrected chi connectivity index (χ1v) is 7.67. The number of esters is 1. The lowest BCUT2D eigenvalue weighted by Crippen LogP contribution is -2.14. The van der Waals surface area contributed by atoms with Gasteiger partial charge < -0.3 is 9.84 Å². The van der Waals surface area contributed by atoms with Crippen molar-refractivity contribution in [2.75, 3.05) is 19.8 Å². The average Bonchev–Trinajstić information content (AvgIpc) is 2.53. The molecule has 0 aliphatic rings. The van der Waals surface area contributed by atoms with E-state index in [-0.39, 0.29) is 23.6 Å². The van der Waals surface area contributed by atoms with Crippen LogP contribution in [0.25, 0.3) is 10.4 Å². The number of hydrogen-bond acceptors (Lipinski definition) is 7. The Morgan fingerprint density at radius 3 is 2.48 bits per heavy atom. The quantitative estimate of drug-likeness (QED) is 0.177. The van der Waals surface area contributed by atoms with Gasteiger partial charge in [-0.05, 0) is 36.2 Å². The molecule has 10 nitrogen and oxygen atoms in total. The van der Waals surface area contributed by atoms with Crippen LogP contribution in [0.4, 0.5) is 0 Å². The van der Waals surface area contributed by atoms with Crippen molar-refractivity contribution in [2.45, 2.75) is 11.3 Å². The molecule has 1 aromatic carbocycles. The number of carbonyl (C=O) groups is 2. The third-order valence-electron chi connectivity index (χ3n) is 2.42. The van der Waals surface area contributed by atoms with Crippen molar-refractivity contribution in [2.24, 2.45) is 5.11 Å². The zero-order chi connectivity index (χ0) is 17.3. The molecular weight excluding hydrogens is 330 g/mol. The third kappa shape index (κ3) is 6.34. The van der Waals surface area contributed by atoms with Crippen LogP contribution in [-0.2, 0) is 23.8 Å². The van der Waals surface area contributed by atoms with Gasteiger partial charge >= 0.3 is 11.9 Å². The molecule has 0 radical (unpaired) electrons. The summed E-state index contributed by atoms with van der Waals surface area (Å²) < 4.78 is 32.5. The maximum atomic E-state index is 11.7. The van der Waals surface area contributed by atoms with Gasteiger partial charge in [0.25, 0.3) is 10.1 Å². The van der Waals surface area contributed by atoms with Crippen LogP contribution in [0.1, 0.15) is 16.8 Å². The highest BCUT2D eigenvalue weighted by molar-refractivity contribution is 7.86. The maximum absolute atomic E-state index is 11.7. The Kier molecular flexibility index (Phi) is 7.00. The molecule has 0 amide bonds. The largest absolute Gasteiger partial charge is 0.479 e. The van der Waals surface area contributed by atoms with E-state index in [1.165, 1.54) is 12.1 Å². The molecule has 0 bridgehead atoms. The second-order valence-electron chi connectivity index (χ2n) is 4.08. The van der Waals surface area contributed by atoms with E-state index < -0.39 is 28.7 Å². The standard InChI is InChI=1S/C12H13N3O7S/c13-15-14-6-1-7-21-12(18)9-2-4-10(5-3-9)23(19,20)22-8-11(16)17/h2-5H,1,6-8H2,(H,16,17). The normalized spacial score (nSPS) is 10.6. The topological polar surface area (TPSA) is 156 Å². The molecule has 0 aliphatic heterocycles. The first kappa shape index (κ1) is 18.4. The smallest absolute Gasteiger partial charge is 0.338 e. The summed E-state index contributed by atoms with van der Waals surface area (Å²) in [6.07, 6.45) is 0.366. The number of carboxylic acid groups (broad SMARTS) is 1. The Hall–Kier alpha value is -2.62. The van der Waals surface area contributed by atoms with Crippen LogP contribution in [0.5, 0.6) is 0 Å². The highest BCUT2D eigenvalue weighted by Gasteiger charge is 2.17. The first-order chi connectivity index (χ1) is 10.9. The Labute approximate surface area is 131 Å². The molecule has 1 aromatic rings. The summed E-state index contributed by atoms with van der Waals surface area (Å²) in [6, 6.07) is 4.64. The predicted molar refractivity (Wildman–Crippen MR) is 76.1 cm³/mol. The first-order valence-electron chi connectivity index (χ1n) is 6.26. The average molecular weight is 343 g/mol. The minimum Gasteiger partial charge on any atom is -0.479 e. The molecule has 0 atom stereocenters. The van der Waals surface area contributed by atoms with E-state index in [1.807, 2.05) is 0 Å². The van der Waals surface area contributed by atoms with Gasteiger partial charge in [-0.15, -0.1) is 0 Å². The summed E-state index contributed by atoms with van der Waals surface area (Å²) in [6.45, 7) is -0.737. The molecule has 0 heterocycles. The highest BCUT2D eigenvalue weighted by atomic mass is 32.2. The van der Waals surface area contributed by atoms with Gasteiger partial charge in [0.05, 0.1) is 17.1 Å². The number of carboxylic acids is 1.